The molecule has 0 aliphatic heterocycles. The molecule has 1 aromatic heterocycles. The predicted octanol–water partition coefficient (Wildman–Crippen LogP) is 13.8. The van der Waals surface area contributed by atoms with Crippen molar-refractivity contribution in [3.05, 3.63) is 212 Å². The predicted molar refractivity (Wildman–Crippen MR) is 233 cm³/mol. The molecule has 0 fully saturated rings. The van der Waals surface area contributed by atoms with Crippen LogP contribution in [-0.2, 0) is 0 Å². The van der Waals surface area contributed by atoms with E-state index >= 15 is 0 Å². The Labute approximate surface area is 326 Å². The second-order valence-corrected chi connectivity index (χ2v) is 14.1. The Hall–Kier alpha value is -7.49. The highest BCUT2D eigenvalue weighted by atomic mass is 15.0. The highest BCUT2D eigenvalue weighted by Crippen LogP contribution is 2.38. The van der Waals surface area contributed by atoms with Crippen molar-refractivity contribution in [3.8, 4) is 78.7 Å². The third kappa shape index (κ3) is 6.42. The summed E-state index contributed by atoms with van der Waals surface area (Å²) in [6.07, 6.45) is 0. The van der Waals surface area contributed by atoms with Crippen LogP contribution in [0.1, 0.15) is 0 Å². The van der Waals surface area contributed by atoms with E-state index in [1.54, 1.807) is 0 Å². The van der Waals surface area contributed by atoms with Gasteiger partial charge in [0.2, 0.25) is 0 Å². The zero-order chi connectivity index (χ0) is 37.3. The van der Waals surface area contributed by atoms with Crippen LogP contribution in [0.5, 0.6) is 0 Å². The molecule has 0 N–H and O–H groups in total. The van der Waals surface area contributed by atoms with Crippen molar-refractivity contribution in [1.29, 1.82) is 0 Å². The lowest BCUT2D eigenvalue weighted by molar-refractivity contribution is 1.07. The van der Waals surface area contributed by atoms with E-state index in [2.05, 4.69) is 194 Å². The molecule has 3 heteroatoms. The first kappa shape index (κ1) is 33.1. The minimum absolute atomic E-state index is 0.625. The van der Waals surface area contributed by atoms with Crippen molar-refractivity contribution >= 4 is 21.5 Å². The van der Waals surface area contributed by atoms with Crippen molar-refractivity contribution in [2.45, 2.75) is 0 Å². The van der Waals surface area contributed by atoms with Gasteiger partial charge in [-0.1, -0.05) is 176 Å². The second-order valence-electron chi connectivity index (χ2n) is 14.1. The summed E-state index contributed by atoms with van der Waals surface area (Å²) in [6, 6.07) is 74.8. The molecule has 0 amide bonds. The molecular weight excluding hydrogens is 679 g/mol. The summed E-state index contributed by atoms with van der Waals surface area (Å²) in [5.41, 5.74) is 12.1. The third-order valence-corrected chi connectivity index (χ3v) is 10.5. The van der Waals surface area contributed by atoms with Crippen LogP contribution in [-0.4, -0.2) is 15.0 Å². The van der Waals surface area contributed by atoms with Gasteiger partial charge >= 0.3 is 0 Å². The largest absolute Gasteiger partial charge is 0.208 e. The number of aromatic nitrogens is 3. The number of hydrogen-bond acceptors (Lipinski definition) is 3. The van der Waals surface area contributed by atoms with Gasteiger partial charge in [0.25, 0.3) is 0 Å². The quantitative estimate of drug-likeness (QED) is 0.165. The average molecular weight is 714 g/mol. The molecule has 0 spiro atoms. The average Bonchev–Trinajstić information content (AvgIpc) is 3.29. The van der Waals surface area contributed by atoms with Crippen molar-refractivity contribution in [3.63, 3.8) is 0 Å². The Balaban J connectivity index is 1.15. The number of benzene rings is 9. The van der Waals surface area contributed by atoms with Gasteiger partial charge in [-0.05, 0) is 102 Å². The van der Waals surface area contributed by atoms with Gasteiger partial charge in [0.05, 0.1) is 0 Å². The first-order valence-electron chi connectivity index (χ1n) is 18.9. The lowest BCUT2D eigenvalue weighted by Gasteiger charge is -2.14. The summed E-state index contributed by atoms with van der Waals surface area (Å²) in [6.45, 7) is 0. The molecule has 0 saturated heterocycles. The molecule has 0 aliphatic carbocycles. The van der Waals surface area contributed by atoms with Gasteiger partial charge in [-0.25, -0.2) is 15.0 Å². The smallest absolute Gasteiger partial charge is 0.164 e. The summed E-state index contributed by atoms with van der Waals surface area (Å²) >= 11 is 0. The zero-order valence-electron chi connectivity index (χ0n) is 30.5. The van der Waals surface area contributed by atoms with Gasteiger partial charge in [-0.3, -0.25) is 0 Å². The van der Waals surface area contributed by atoms with E-state index in [4.69, 9.17) is 15.0 Å². The highest BCUT2D eigenvalue weighted by molar-refractivity contribution is 6.02. The first-order valence-corrected chi connectivity index (χ1v) is 18.9. The topological polar surface area (TPSA) is 38.7 Å². The number of hydrogen-bond donors (Lipinski definition) is 0. The maximum atomic E-state index is 5.25. The lowest BCUT2D eigenvalue weighted by atomic mass is 9.92. The van der Waals surface area contributed by atoms with Crippen LogP contribution in [0.25, 0.3) is 100 Å². The molecule has 0 atom stereocenters. The molecule has 9 aromatic carbocycles. The summed E-state index contributed by atoms with van der Waals surface area (Å²) in [5, 5.41) is 4.70. The summed E-state index contributed by atoms with van der Waals surface area (Å²) in [4.78, 5) is 15.5. The molecule has 0 unspecified atom stereocenters. The Kier molecular flexibility index (Phi) is 8.51. The number of fused-ring (bicyclic) bond motifs is 2. The standard InChI is InChI=1S/C53H35N3/c1-5-16-36(17-6-1)40-28-29-43-32-46(35-48(50(43)33-40)38-20-9-3-10-21-38)53-55-51(39-22-11-4-12-23-39)54-52(56-53)44-26-15-25-42(30-44)49-34-45(37-18-7-2-8-19-37)31-41-24-13-14-27-47(41)49/h1-35H. The molecule has 0 bridgehead atoms. The molecule has 3 nitrogen and oxygen atoms in total. The molecule has 1 heterocycles. The molecule has 0 radical (unpaired) electrons. The van der Waals surface area contributed by atoms with E-state index < -0.39 is 0 Å². The third-order valence-electron chi connectivity index (χ3n) is 10.5. The molecule has 10 rings (SSSR count). The van der Waals surface area contributed by atoms with Gasteiger partial charge in [0, 0.05) is 16.7 Å². The summed E-state index contributed by atoms with van der Waals surface area (Å²) in [5.74, 6) is 1.88. The lowest BCUT2D eigenvalue weighted by Crippen LogP contribution is -2.00. The fourth-order valence-corrected chi connectivity index (χ4v) is 7.68. The van der Waals surface area contributed by atoms with E-state index in [9.17, 15) is 0 Å². The van der Waals surface area contributed by atoms with Crippen molar-refractivity contribution in [2.24, 2.45) is 0 Å². The van der Waals surface area contributed by atoms with Gasteiger partial charge in [0.1, 0.15) is 0 Å². The maximum absolute atomic E-state index is 5.25. The number of nitrogens with zero attached hydrogens (tertiary/aromatic N) is 3. The van der Waals surface area contributed by atoms with E-state index in [0.717, 1.165) is 38.8 Å². The summed E-state index contributed by atoms with van der Waals surface area (Å²) in [7, 11) is 0. The second kappa shape index (κ2) is 14.4. The molecular formula is C53H35N3. The Morgan fingerprint density at radius 3 is 1.38 bits per heavy atom. The van der Waals surface area contributed by atoms with Crippen LogP contribution >= 0.6 is 0 Å². The van der Waals surface area contributed by atoms with Crippen LogP contribution in [0.4, 0.5) is 0 Å². The van der Waals surface area contributed by atoms with Crippen molar-refractivity contribution in [2.75, 3.05) is 0 Å². The normalized spacial score (nSPS) is 11.2. The Morgan fingerprint density at radius 1 is 0.214 bits per heavy atom. The van der Waals surface area contributed by atoms with Gasteiger partial charge in [-0.2, -0.15) is 0 Å². The van der Waals surface area contributed by atoms with Gasteiger partial charge in [0.15, 0.2) is 17.5 Å². The van der Waals surface area contributed by atoms with E-state index in [1.165, 1.54) is 44.0 Å². The highest BCUT2D eigenvalue weighted by Gasteiger charge is 2.17. The number of rotatable bonds is 7. The Bertz CT molecular complexity index is 3000. The van der Waals surface area contributed by atoms with Crippen LogP contribution < -0.4 is 0 Å². The van der Waals surface area contributed by atoms with E-state index in [-0.39, 0.29) is 0 Å². The van der Waals surface area contributed by atoms with E-state index in [1.807, 2.05) is 18.2 Å². The van der Waals surface area contributed by atoms with Gasteiger partial charge in [-0.15, -0.1) is 0 Å². The maximum Gasteiger partial charge on any atom is 0.164 e. The zero-order valence-corrected chi connectivity index (χ0v) is 30.5. The fraction of sp³-hybridized carbons (Fsp3) is 0. The van der Waals surface area contributed by atoms with Crippen molar-refractivity contribution in [1.82, 2.24) is 15.0 Å². The molecule has 0 saturated carbocycles. The van der Waals surface area contributed by atoms with Crippen LogP contribution in [0.2, 0.25) is 0 Å². The van der Waals surface area contributed by atoms with Crippen LogP contribution in [0.3, 0.4) is 0 Å². The monoisotopic (exact) mass is 713 g/mol. The van der Waals surface area contributed by atoms with Crippen molar-refractivity contribution < 1.29 is 0 Å². The molecule has 10 aromatic rings. The minimum Gasteiger partial charge on any atom is -0.208 e. The van der Waals surface area contributed by atoms with E-state index in [0.29, 0.717) is 17.5 Å². The van der Waals surface area contributed by atoms with Crippen LogP contribution in [0.15, 0.2) is 212 Å². The van der Waals surface area contributed by atoms with Crippen LogP contribution in [0, 0.1) is 0 Å². The first-order chi connectivity index (χ1) is 27.7. The molecule has 56 heavy (non-hydrogen) atoms. The Morgan fingerprint density at radius 2 is 0.679 bits per heavy atom. The minimum atomic E-state index is 0.625. The SMILES string of the molecule is c1ccc(-c2cc(-c3cccc(-c4nc(-c5ccccc5)nc(-c5cc(-c6ccccc6)c6cc(-c7ccccc7)ccc6c5)n4)c3)c3ccccc3c2)cc1. The van der Waals surface area contributed by atoms with Gasteiger partial charge < -0.3 is 0 Å². The molecule has 0 aliphatic rings. The fourth-order valence-electron chi connectivity index (χ4n) is 7.68. The molecule has 262 valence electrons. The summed E-state index contributed by atoms with van der Waals surface area (Å²) < 4.78 is 0.